The Bertz CT molecular complexity index is 1520. The molecule has 0 spiro atoms. The van der Waals surface area contributed by atoms with Gasteiger partial charge in [0.1, 0.15) is 17.7 Å². The molecule has 1 aromatic rings. The molecule has 12 nitrogen and oxygen atoms in total. The van der Waals surface area contributed by atoms with E-state index in [1.54, 1.807) is 12.1 Å². The van der Waals surface area contributed by atoms with Gasteiger partial charge < -0.3 is 20.7 Å². The Labute approximate surface area is 284 Å². The van der Waals surface area contributed by atoms with Gasteiger partial charge in [-0.15, -0.1) is 12.4 Å². The van der Waals surface area contributed by atoms with Crippen molar-refractivity contribution in [1.82, 2.24) is 19.8 Å². The molecular weight excluding hydrogens is 681 g/mol. The zero-order valence-corrected chi connectivity index (χ0v) is 28.2. The van der Waals surface area contributed by atoms with Crippen molar-refractivity contribution in [1.29, 1.82) is 0 Å². The maximum atomic E-state index is 13.9. The number of nitrogens with zero attached hydrogens (tertiary/aromatic N) is 2. The lowest BCUT2D eigenvalue weighted by molar-refractivity contribution is -0.140. The van der Waals surface area contributed by atoms with Crippen molar-refractivity contribution < 1.29 is 32.3 Å². The summed E-state index contributed by atoms with van der Waals surface area (Å²) in [6.07, 6.45) is 7.09. The number of rotatable bonds is 4. The van der Waals surface area contributed by atoms with Crippen LogP contribution in [0.25, 0.3) is 0 Å². The molecule has 46 heavy (non-hydrogen) atoms. The second kappa shape index (κ2) is 13.5. The minimum Gasteiger partial charge on any atom is -0.444 e. The first-order valence-electron chi connectivity index (χ1n) is 15.4. The molecular formula is C30H38Cl3N5O7S. The molecule has 1 unspecified atom stereocenters. The number of halogens is 3. The fourth-order valence-corrected chi connectivity index (χ4v) is 8.34. The lowest BCUT2D eigenvalue weighted by atomic mass is 10.1. The van der Waals surface area contributed by atoms with Crippen LogP contribution in [0.2, 0.25) is 10.0 Å². The average Bonchev–Trinajstić information content (AvgIpc) is 3.87. The van der Waals surface area contributed by atoms with E-state index in [0.717, 1.165) is 36.8 Å². The standard InChI is InChI=1S/C30H37Cl2N5O7S.ClH/c31-22-10-11-23(32)21-16-36(15-20(21)22)29(41)44-18-12-25-26(38)34-30(28(40)35-45(42,43)19-8-9-19)13-17(30)6-4-2-1-3-5-7-24(33)27(39)37(25)14-18;/h4,6,10-11,17-19,24-25H,1-3,5,7-9,12-16,33H2,(H,34,38)(H,35,40);1H/b6-4-;/t17-,18-,24+,25?,30-;/m1./s1. The number of carbonyl (C=O) groups excluding carboxylic acids is 4. The van der Waals surface area contributed by atoms with Gasteiger partial charge >= 0.3 is 6.09 Å². The summed E-state index contributed by atoms with van der Waals surface area (Å²) in [4.78, 5) is 56.9. The van der Waals surface area contributed by atoms with Gasteiger partial charge in [-0.1, -0.05) is 48.2 Å². The van der Waals surface area contributed by atoms with Crippen LogP contribution in [0.1, 0.15) is 68.9 Å². The molecule has 1 saturated heterocycles. The Balaban J connectivity index is 0.00000417. The van der Waals surface area contributed by atoms with Crippen molar-refractivity contribution in [2.24, 2.45) is 11.7 Å². The lowest BCUT2D eigenvalue weighted by Crippen LogP contribution is -2.57. The van der Waals surface area contributed by atoms with E-state index in [1.807, 2.05) is 12.2 Å². The highest BCUT2D eigenvalue weighted by atomic mass is 35.5. The molecule has 5 atom stereocenters. The van der Waals surface area contributed by atoms with E-state index in [1.165, 1.54) is 9.80 Å². The van der Waals surface area contributed by atoms with Crippen molar-refractivity contribution in [3.8, 4) is 0 Å². The highest BCUT2D eigenvalue weighted by Gasteiger charge is 2.62. The number of hydrogen-bond acceptors (Lipinski definition) is 8. The molecule has 3 fully saturated rings. The van der Waals surface area contributed by atoms with E-state index in [-0.39, 0.29) is 44.9 Å². The highest BCUT2D eigenvalue weighted by Crippen LogP contribution is 2.46. The van der Waals surface area contributed by atoms with E-state index in [2.05, 4.69) is 10.0 Å². The number of amides is 4. The van der Waals surface area contributed by atoms with Crippen LogP contribution in [-0.4, -0.2) is 77.6 Å². The van der Waals surface area contributed by atoms with Crippen LogP contribution < -0.4 is 15.8 Å². The maximum Gasteiger partial charge on any atom is 0.410 e. The van der Waals surface area contributed by atoms with Crippen LogP contribution in [-0.2, 0) is 42.2 Å². The smallest absolute Gasteiger partial charge is 0.410 e. The lowest BCUT2D eigenvalue weighted by Gasteiger charge is -2.28. The normalized spacial score (nSPS) is 30.4. The monoisotopic (exact) mass is 717 g/mol. The van der Waals surface area contributed by atoms with Crippen molar-refractivity contribution >= 4 is 69.4 Å². The topological polar surface area (TPSA) is 168 Å². The fraction of sp³-hybridized carbons (Fsp3) is 0.600. The number of nitrogens with two attached hydrogens (primary N) is 1. The van der Waals surface area contributed by atoms with E-state index in [9.17, 15) is 27.6 Å². The third-order valence-electron chi connectivity index (χ3n) is 9.42. The van der Waals surface area contributed by atoms with Crippen LogP contribution in [0, 0.1) is 5.92 Å². The van der Waals surface area contributed by atoms with Crippen LogP contribution in [0.4, 0.5) is 4.79 Å². The SMILES string of the molecule is Cl.N[C@H]1CCCCC/C=C\[C@@H]2C[C@@]2(C(=O)NS(=O)(=O)C2CC2)NC(=O)C2C[C@@H](OC(=O)N3Cc4c(Cl)ccc(Cl)c4C3)CN2C1=O. The van der Waals surface area contributed by atoms with Gasteiger partial charge in [0.15, 0.2) is 0 Å². The van der Waals surface area contributed by atoms with Gasteiger partial charge in [-0.05, 0) is 61.8 Å². The first kappa shape index (κ1) is 34.7. The Hall–Kier alpha value is -2.58. The van der Waals surface area contributed by atoms with Crippen molar-refractivity contribution in [3.05, 3.63) is 45.5 Å². The third-order valence-corrected chi connectivity index (χ3v) is 12.0. The van der Waals surface area contributed by atoms with Crippen LogP contribution in [0.3, 0.4) is 0 Å². The first-order valence-corrected chi connectivity index (χ1v) is 17.7. The third kappa shape index (κ3) is 6.99. The first-order chi connectivity index (χ1) is 21.4. The van der Waals surface area contributed by atoms with E-state index >= 15 is 0 Å². The average molecular weight is 719 g/mol. The molecule has 6 rings (SSSR count). The number of ether oxygens (including phenoxy) is 1. The minimum atomic E-state index is -3.85. The summed E-state index contributed by atoms with van der Waals surface area (Å²) in [5, 5.41) is 3.16. The fourth-order valence-electron chi connectivity index (χ4n) is 6.50. The zero-order chi connectivity index (χ0) is 32.1. The van der Waals surface area contributed by atoms with Crippen molar-refractivity contribution in [3.63, 3.8) is 0 Å². The van der Waals surface area contributed by atoms with Gasteiger partial charge in [0, 0.05) is 22.4 Å². The Morgan fingerprint density at radius 3 is 2.37 bits per heavy atom. The van der Waals surface area contributed by atoms with E-state index < -0.39 is 68.7 Å². The van der Waals surface area contributed by atoms with Gasteiger partial charge in [0.2, 0.25) is 21.8 Å². The second-order valence-corrected chi connectivity index (χ2v) is 15.5. The molecule has 2 aliphatic carbocycles. The Kier molecular flexibility index (Phi) is 10.2. The number of sulfonamides is 1. The van der Waals surface area contributed by atoms with Crippen LogP contribution in [0.15, 0.2) is 24.3 Å². The van der Waals surface area contributed by atoms with Crippen molar-refractivity contribution in [2.45, 2.75) is 99.9 Å². The molecule has 0 bridgehead atoms. The van der Waals surface area contributed by atoms with Gasteiger partial charge in [0.05, 0.1) is 30.9 Å². The number of hydrogen-bond donors (Lipinski definition) is 3. The van der Waals surface area contributed by atoms with Gasteiger partial charge in [-0.2, -0.15) is 0 Å². The minimum absolute atomic E-state index is 0. The molecule has 0 radical (unpaired) electrons. The van der Waals surface area contributed by atoms with Crippen molar-refractivity contribution in [2.75, 3.05) is 6.54 Å². The quantitative estimate of drug-likeness (QED) is 0.399. The largest absolute Gasteiger partial charge is 0.444 e. The van der Waals surface area contributed by atoms with Gasteiger partial charge in [0.25, 0.3) is 5.91 Å². The second-order valence-electron chi connectivity index (χ2n) is 12.7. The summed E-state index contributed by atoms with van der Waals surface area (Å²) in [6, 6.07) is 1.40. The highest BCUT2D eigenvalue weighted by molar-refractivity contribution is 7.91. The zero-order valence-electron chi connectivity index (χ0n) is 25.1. The van der Waals surface area contributed by atoms with Gasteiger partial charge in [-0.25, -0.2) is 13.2 Å². The molecule has 1 aromatic carbocycles. The summed E-state index contributed by atoms with van der Waals surface area (Å²) < 4.78 is 33.2. The molecule has 4 amide bonds. The number of nitrogens with one attached hydrogen (secondary N) is 2. The molecule has 2 saturated carbocycles. The summed E-state index contributed by atoms with van der Waals surface area (Å²) >= 11 is 12.6. The van der Waals surface area contributed by atoms with E-state index in [0.29, 0.717) is 29.3 Å². The molecule has 3 aliphatic heterocycles. The Morgan fingerprint density at radius 2 is 1.72 bits per heavy atom. The summed E-state index contributed by atoms with van der Waals surface area (Å²) in [6.45, 7) is 0.347. The molecule has 252 valence electrons. The van der Waals surface area contributed by atoms with Gasteiger partial charge in [-0.3, -0.25) is 24.0 Å². The molecule has 5 aliphatic rings. The van der Waals surface area contributed by atoms with E-state index in [4.69, 9.17) is 33.7 Å². The molecule has 3 heterocycles. The Morgan fingerprint density at radius 1 is 1.04 bits per heavy atom. The summed E-state index contributed by atoms with van der Waals surface area (Å²) in [5.41, 5.74) is 6.29. The number of benzene rings is 1. The predicted octanol–water partition coefficient (Wildman–Crippen LogP) is 3.17. The molecule has 4 N–H and O–H groups in total. The summed E-state index contributed by atoms with van der Waals surface area (Å²) in [5.74, 6) is -2.27. The predicted molar refractivity (Wildman–Crippen MR) is 173 cm³/mol. The van der Waals surface area contributed by atoms with Crippen LogP contribution >= 0.6 is 35.6 Å². The number of allylic oxidation sites excluding steroid dienone is 1. The van der Waals surface area contributed by atoms with Crippen LogP contribution in [0.5, 0.6) is 0 Å². The number of fused-ring (bicyclic) bond motifs is 3. The molecule has 0 aromatic heterocycles. The maximum absolute atomic E-state index is 13.9. The molecule has 16 heteroatoms. The number of carbonyl (C=O) groups is 4. The summed E-state index contributed by atoms with van der Waals surface area (Å²) in [7, 11) is -3.85.